The summed E-state index contributed by atoms with van der Waals surface area (Å²) in [4.78, 5) is 4.36. The van der Waals surface area contributed by atoms with Gasteiger partial charge in [0.1, 0.15) is 4.60 Å². The summed E-state index contributed by atoms with van der Waals surface area (Å²) in [5.74, 6) is 0. The lowest BCUT2D eigenvalue weighted by Gasteiger charge is -2.27. The van der Waals surface area contributed by atoms with E-state index in [0.717, 1.165) is 15.0 Å². The molecule has 15 heavy (non-hydrogen) atoms. The van der Waals surface area contributed by atoms with Crippen LogP contribution in [0.15, 0.2) is 9.98 Å². The third-order valence-corrected chi connectivity index (χ3v) is 5.43. The molecule has 0 radical (unpaired) electrons. The van der Waals surface area contributed by atoms with Gasteiger partial charge in [-0.2, -0.15) is 11.8 Å². The Kier molecular flexibility index (Phi) is 4.34. The number of thiazole rings is 1. The highest BCUT2D eigenvalue weighted by molar-refractivity contribution is 9.10. The monoisotopic (exact) mass is 306 g/mol. The molecule has 5 heteroatoms. The predicted octanol–water partition coefficient (Wildman–Crippen LogP) is 3.99. The van der Waals surface area contributed by atoms with Crippen molar-refractivity contribution in [2.24, 2.45) is 0 Å². The summed E-state index contributed by atoms with van der Waals surface area (Å²) in [7, 11) is 0. The van der Waals surface area contributed by atoms with Crippen LogP contribution in [0.3, 0.4) is 0 Å². The summed E-state index contributed by atoms with van der Waals surface area (Å²) in [6.07, 6.45) is 7.46. The largest absolute Gasteiger partial charge is 0.359 e. The molecule has 1 saturated carbocycles. The Balaban J connectivity index is 1.82. The molecule has 0 unspecified atom stereocenters. The highest BCUT2D eigenvalue weighted by atomic mass is 79.9. The van der Waals surface area contributed by atoms with Crippen LogP contribution in [0.4, 0.5) is 5.13 Å². The fourth-order valence-corrected chi connectivity index (χ4v) is 3.90. The zero-order valence-electron chi connectivity index (χ0n) is 8.70. The van der Waals surface area contributed by atoms with Crippen molar-refractivity contribution in [2.45, 2.75) is 37.0 Å². The Morgan fingerprint density at radius 3 is 2.73 bits per heavy atom. The SMILES string of the molecule is CSC1CCC(Nc2nc(Br)cs2)CC1. The molecular weight excluding hydrogens is 292 g/mol. The predicted molar refractivity (Wildman–Crippen MR) is 73.0 cm³/mol. The minimum absolute atomic E-state index is 0.631. The molecule has 1 aromatic rings. The van der Waals surface area contributed by atoms with Crippen LogP contribution in [-0.2, 0) is 0 Å². The van der Waals surface area contributed by atoms with Crippen LogP contribution in [-0.4, -0.2) is 22.5 Å². The first-order valence-corrected chi connectivity index (χ1v) is 8.14. The van der Waals surface area contributed by atoms with Crippen molar-refractivity contribution >= 4 is 44.2 Å². The third kappa shape index (κ3) is 3.36. The van der Waals surface area contributed by atoms with Gasteiger partial charge in [-0.1, -0.05) is 0 Å². The first-order chi connectivity index (χ1) is 7.28. The summed E-state index contributed by atoms with van der Waals surface area (Å²) in [6, 6.07) is 0.631. The molecule has 0 spiro atoms. The topological polar surface area (TPSA) is 24.9 Å². The van der Waals surface area contributed by atoms with Crippen molar-refractivity contribution in [1.29, 1.82) is 0 Å². The van der Waals surface area contributed by atoms with Crippen molar-refractivity contribution < 1.29 is 0 Å². The van der Waals surface area contributed by atoms with Gasteiger partial charge in [-0.25, -0.2) is 4.98 Å². The molecule has 1 heterocycles. The van der Waals surface area contributed by atoms with Crippen molar-refractivity contribution in [1.82, 2.24) is 4.98 Å². The van der Waals surface area contributed by atoms with E-state index in [1.165, 1.54) is 25.7 Å². The Morgan fingerprint density at radius 2 is 2.20 bits per heavy atom. The molecule has 0 bridgehead atoms. The van der Waals surface area contributed by atoms with Gasteiger partial charge in [0.25, 0.3) is 0 Å². The van der Waals surface area contributed by atoms with E-state index in [0.29, 0.717) is 6.04 Å². The minimum Gasteiger partial charge on any atom is -0.359 e. The van der Waals surface area contributed by atoms with E-state index >= 15 is 0 Å². The Morgan fingerprint density at radius 1 is 1.47 bits per heavy atom. The van der Waals surface area contributed by atoms with Gasteiger partial charge >= 0.3 is 0 Å². The molecule has 2 rings (SSSR count). The lowest BCUT2D eigenvalue weighted by molar-refractivity contribution is 0.473. The number of hydrogen-bond donors (Lipinski definition) is 1. The highest BCUT2D eigenvalue weighted by Gasteiger charge is 2.20. The lowest BCUT2D eigenvalue weighted by Crippen LogP contribution is -2.26. The van der Waals surface area contributed by atoms with E-state index in [2.05, 4.69) is 32.5 Å². The van der Waals surface area contributed by atoms with Crippen molar-refractivity contribution in [3.8, 4) is 0 Å². The Hall–Kier alpha value is 0.260. The van der Waals surface area contributed by atoms with E-state index in [-0.39, 0.29) is 0 Å². The summed E-state index contributed by atoms with van der Waals surface area (Å²) in [5.41, 5.74) is 0. The molecule has 1 aliphatic rings. The van der Waals surface area contributed by atoms with E-state index in [1.807, 2.05) is 17.1 Å². The van der Waals surface area contributed by atoms with E-state index < -0.39 is 0 Å². The zero-order valence-corrected chi connectivity index (χ0v) is 11.9. The molecule has 0 atom stereocenters. The van der Waals surface area contributed by atoms with Crippen molar-refractivity contribution in [3.63, 3.8) is 0 Å². The number of nitrogens with zero attached hydrogens (tertiary/aromatic N) is 1. The van der Waals surface area contributed by atoms with Gasteiger partial charge in [0, 0.05) is 16.7 Å². The van der Waals surface area contributed by atoms with E-state index in [1.54, 1.807) is 11.3 Å². The maximum atomic E-state index is 4.36. The van der Waals surface area contributed by atoms with Gasteiger partial charge < -0.3 is 5.32 Å². The number of anilines is 1. The van der Waals surface area contributed by atoms with Crippen LogP contribution >= 0.6 is 39.0 Å². The first kappa shape index (κ1) is 11.7. The summed E-state index contributed by atoms with van der Waals surface area (Å²) >= 11 is 7.06. The van der Waals surface area contributed by atoms with Gasteiger partial charge in [0.05, 0.1) is 0 Å². The second kappa shape index (κ2) is 5.55. The maximum Gasteiger partial charge on any atom is 0.183 e. The van der Waals surface area contributed by atoms with Gasteiger partial charge in [0.2, 0.25) is 0 Å². The Labute approximate surface area is 107 Å². The Bertz CT molecular complexity index is 308. The summed E-state index contributed by atoms with van der Waals surface area (Å²) < 4.78 is 0.938. The van der Waals surface area contributed by atoms with E-state index in [9.17, 15) is 0 Å². The van der Waals surface area contributed by atoms with Crippen LogP contribution in [0.5, 0.6) is 0 Å². The summed E-state index contributed by atoms with van der Waals surface area (Å²) in [6.45, 7) is 0. The average molecular weight is 307 g/mol. The molecule has 1 N–H and O–H groups in total. The average Bonchev–Trinajstić information content (AvgIpc) is 2.65. The molecule has 84 valence electrons. The fourth-order valence-electron chi connectivity index (χ4n) is 1.94. The van der Waals surface area contributed by atoms with Crippen LogP contribution in [0, 0.1) is 0 Å². The smallest absolute Gasteiger partial charge is 0.183 e. The van der Waals surface area contributed by atoms with Crippen molar-refractivity contribution in [3.05, 3.63) is 9.98 Å². The normalized spacial score (nSPS) is 26.5. The molecule has 1 fully saturated rings. The second-order valence-corrected chi connectivity index (χ2v) is 6.64. The third-order valence-electron chi connectivity index (χ3n) is 2.81. The van der Waals surface area contributed by atoms with Gasteiger partial charge in [-0.05, 0) is 47.9 Å². The standard InChI is InChI=1S/C10H15BrN2S2/c1-14-8-4-2-7(3-5-8)12-10-13-9(11)6-15-10/h6-8H,2-5H2,1H3,(H,12,13). The number of rotatable bonds is 3. The second-order valence-electron chi connectivity index (χ2n) is 3.83. The molecule has 2 nitrogen and oxygen atoms in total. The number of hydrogen-bond acceptors (Lipinski definition) is 4. The number of thioether (sulfide) groups is 1. The van der Waals surface area contributed by atoms with Crippen LogP contribution in [0.1, 0.15) is 25.7 Å². The molecule has 0 aliphatic heterocycles. The number of halogens is 1. The molecule has 1 aromatic heterocycles. The fraction of sp³-hybridized carbons (Fsp3) is 0.700. The lowest BCUT2D eigenvalue weighted by atomic mass is 9.95. The molecule has 1 aliphatic carbocycles. The number of nitrogens with one attached hydrogen (secondary N) is 1. The zero-order chi connectivity index (χ0) is 10.7. The summed E-state index contributed by atoms with van der Waals surface area (Å²) in [5, 5.41) is 7.47. The highest BCUT2D eigenvalue weighted by Crippen LogP contribution is 2.29. The minimum atomic E-state index is 0.631. The molecule has 0 amide bonds. The first-order valence-electron chi connectivity index (χ1n) is 5.18. The molecular formula is C10H15BrN2S2. The quantitative estimate of drug-likeness (QED) is 0.914. The van der Waals surface area contributed by atoms with Crippen LogP contribution in [0.2, 0.25) is 0 Å². The molecule has 0 aromatic carbocycles. The molecule has 0 saturated heterocycles. The van der Waals surface area contributed by atoms with Crippen LogP contribution < -0.4 is 5.32 Å². The van der Waals surface area contributed by atoms with Gasteiger partial charge in [0.15, 0.2) is 5.13 Å². The van der Waals surface area contributed by atoms with Crippen molar-refractivity contribution in [2.75, 3.05) is 11.6 Å². The maximum absolute atomic E-state index is 4.36. The van der Waals surface area contributed by atoms with E-state index in [4.69, 9.17) is 0 Å². The van der Waals surface area contributed by atoms with Gasteiger partial charge in [-0.15, -0.1) is 11.3 Å². The number of aromatic nitrogens is 1. The van der Waals surface area contributed by atoms with Crippen LogP contribution in [0.25, 0.3) is 0 Å². The van der Waals surface area contributed by atoms with Gasteiger partial charge in [-0.3, -0.25) is 0 Å².